The molecule has 0 radical (unpaired) electrons. The number of aryl methyl sites for hydroxylation is 2. The number of hydrogen-bond acceptors (Lipinski definition) is 6. The van der Waals surface area contributed by atoms with Crippen molar-refractivity contribution in [1.29, 1.82) is 0 Å². The molecule has 6 nitrogen and oxygen atoms in total. The fraction of sp³-hybridized carbons (Fsp3) is 0.130. The molecule has 154 valence electrons. The molecule has 5 aromatic rings. The van der Waals surface area contributed by atoms with Crippen LogP contribution >= 0.6 is 23.1 Å². The van der Waals surface area contributed by atoms with Gasteiger partial charge in [0.05, 0.1) is 16.3 Å². The summed E-state index contributed by atoms with van der Waals surface area (Å²) >= 11 is 3.16. The monoisotopic (exact) mass is 445 g/mol. The summed E-state index contributed by atoms with van der Waals surface area (Å²) in [7, 11) is 0. The fourth-order valence-corrected chi connectivity index (χ4v) is 4.97. The van der Waals surface area contributed by atoms with Crippen LogP contribution in [-0.4, -0.2) is 24.1 Å². The maximum atomic E-state index is 12.5. The van der Waals surface area contributed by atoms with Crippen molar-refractivity contribution in [2.24, 2.45) is 0 Å². The highest BCUT2D eigenvalue weighted by Crippen LogP contribution is 2.32. The van der Waals surface area contributed by atoms with Crippen LogP contribution in [0.3, 0.4) is 0 Å². The number of aromatic nitrogens is 5. The molecule has 0 saturated carbocycles. The van der Waals surface area contributed by atoms with Gasteiger partial charge < -0.3 is 0 Å². The summed E-state index contributed by atoms with van der Waals surface area (Å²) in [4.78, 5) is 18.2. The molecule has 0 fully saturated rings. The molecule has 0 spiro atoms. The van der Waals surface area contributed by atoms with Crippen molar-refractivity contribution in [3.05, 3.63) is 93.3 Å². The SMILES string of the molecule is Cc1ccc2nc(CSc3nnc(-c4cccs4)n3-c3ccccc3C)cc(=O)n2c1. The van der Waals surface area contributed by atoms with E-state index in [1.165, 1.54) is 11.8 Å². The average molecular weight is 446 g/mol. The lowest BCUT2D eigenvalue weighted by Crippen LogP contribution is -2.15. The standard InChI is InChI=1S/C23H19N5OS2/c1-15-9-10-20-24-17(12-21(29)27(20)13-15)14-31-23-26-25-22(19-8-5-11-30-19)28(23)18-7-4-3-6-16(18)2/h3-13H,14H2,1-2H3. The minimum atomic E-state index is -0.0797. The zero-order valence-electron chi connectivity index (χ0n) is 17.0. The van der Waals surface area contributed by atoms with Gasteiger partial charge in [-0.25, -0.2) is 4.98 Å². The van der Waals surface area contributed by atoms with Crippen LogP contribution in [0.25, 0.3) is 22.0 Å². The Morgan fingerprint density at radius 3 is 2.71 bits per heavy atom. The van der Waals surface area contributed by atoms with E-state index in [4.69, 9.17) is 0 Å². The summed E-state index contributed by atoms with van der Waals surface area (Å²) in [6, 6.07) is 17.7. The number of pyridine rings is 1. The van der Waals surface area contributed by atoms with E-state index >= 15 is 0 Å². The second-order valence-corrected chi connectivity index (χ2v) is 9.10. The molecule has 0 amide bonds. The van der Waals surface area contributed by atoms with Gasteiger partial charge in [-0.1, -0.05) is 42.1 Å². The molecule has 0 aliphatic heterocycles. The zero-order chi connectivity index (χ0) is 21.4. The quantitative estimate of drug-likeness (QED) is 0.360. The van der Waals surface area contributed by atoms with Crippen LogP contribution < -0.4 is 5.56 Å². The minimum absolute atomic E-state index is 0.0797. The van der Waals surface area contributed by atoms with E-state index in [0.29, 0.717) is 11.4 Å². The van der Waals surface area contributed by atoms with Crippen molar-refractivity contribution < 1.29 is 0 Å². The molecule has 0 unspecified atom stereocenters. The van der Waals surface area contributed by atoms with E-state index in [-0.39, 0.29) is 5.56 Å². The van der Waals surface area contributed by atoms with E-state index in [1.54, 1.807) is 21.8 Å². The lowest BCUT2D eigenvalue weighted by atomic mass is 10.2. The Morgan fingerprint density at radius 1 is 1.03 bits per heavy atom. The van der Waals surface area contributed by atoms with Gasteiger partial charge in [0, 0.05) is 18.0 Å². The second kappa shape index (κ2) is 8.13. The van der Waals surface area contributed by atoms with Gasteiger partial charge in [-0.05, 0) is 48.6 Å². The molecule has 0 atom stereocenters. The molecule has 4 aromatic heterocycles. The molecule has 8 heteroatoms. The van der Waals surface area contributed by atoms with Gasteiger partial charge in [0.1, 0.15) is 5.65 Å². The minimum Gasteiger partial charge on any atom is -0.269 e. The maximum absolute atomic E-state index is 12.5. The number of nitrogens with zero attached hydrogens (tertiary/aromatic N) is 5. The van der Waals surface area contributed by atoms with Crippen LogP contribution in [0.15, 0.2) is 76.1 Å². The van der Waals surface area contributed by atoms with Crippen molar-refractivity contribution >= 4 is 28.7 Å². The summed E-state index contributed by atoms with van der Waals surface area (Å²) in [5.74, 6) is 1.34. The van der Waals surface area contributed by atoms with Crippen molar-refractivity contribution in [2.45, 2.75) is 24.8 Å². The van der Waals surface area contributed by atoms with E-state index in [2.05, 4.69) is 38.8 Å². The van der Waals surface area contributed by atoms with Crippen LogP contribution in [0.5, 0.6) is 0 Å². The molecular formula is C23H19N5OS2. The highest BCUT2D eigenvalue weighted by Gasteiger charge is 2.18. The Hall–Kier alpha value is -3.23. The third-order valence-corrected chi connectivity index (χ3v) is 6.77. The van der Waals surface area contributed by atoms with E-state index < -0.39 is 0 Å². The third-order valence-electron chi connectivity index (χ3n) is 4.94. The van der Waals surface area contributed by atoms with Crippen molar-refractivity contribution in [3.8, 4) is 16.4 Å². The van der Waals surface area contributed by atoms with Crippen LogP contribution in [0.2, 0.25) is 0 Å². The van der Waals surface area contributed by atoms with Crippen LogP contribution in [0.4, 0.5) is 0 Å². The van der Waals surface area contributed by atoms with E-state index in [1.807, 2.05) is 54.9 Å². The van der Waals surface area contributed by atoms with Gasteiger partial charge in [-0.15, -0.1) is 21.5 Å². The predicted molar refractivity (Wildman–Crippen MR) is 125 cm³/mol. The summed E-state index contributed by atoms with van der Waals surface area (Å²) in [6.45, 7) is 4.04. The number of thioether (sulfide) groups is 1. The molecule has 0 aliphatic rings. The molecule has 5 rings (SSSR count). The average Bonchev–Trinajstić information content (AvgIpc) is 3.43. The lowest BCUT2D eigenvalue weighted by Gasteiger charge is -2.12. The molecule has 0 saturated heterocycles. The summed E-state index contributed by atoms with van der Waals surface area (Å²) in [5.41, 5.74) is 4.49. The van der Waals surface area contributed by atoms with Gasteiger partial charge in [0.25, 0.3) is 5.56 Å². The molecule has 1 aromatic carbocycles. The highest BCUT2D eigenvalue weighted by molar-refractivity contribution is 7.98. The van der Waals surface area contributed by atoms with Crippen LogP contribution in [0, 0.1) is 13.8 Å². The second-order valence-electron chi connectivity index (χ2n) is 7.21. The Balaban J connectivity index is 1.53. The van der Waals surface area contributed by atoms with Gasteiger partial charge in [0.2, 0.25) is 0 Å². The number of benzene rings is 1. The highest BCUT2D eigenvalue weighted by atomic mass is 32.2. The van der Waals surface area contributed by atoms with Gasteiger partial charge in [-0.3, -0.25) is 13.8 Å². The van der Waals surface area contributed by atoms with Crippen LogP contribution in [0.1, 0.15) is 16.8 Å². The normalized spacial score (nSPS) is 11.3. The Bertz CT molecular complexity index is 1440. The number of fused-ring (bicyclic) bond motifs is 1. The Kier molecular flexibility index (Phi) is 5.17. The van der Waals surface area contributed by atoms with Gasteiger partial charge in [0.15, 0.2) is 11.0 Å². The fourth-order valence-electron chi connectivity index (χ4n) is 3.43. The number of rotatable bonds is 5. The summed E-state index contributed by atoms with van der Waals surface area (Å²) in [6.07, 6.45) is 1.81. The number of para-hydroxylation sites is 1. The molecule has 31 heavy (non-hydrogen) atoms. The van der Waals surface area contributed by atoms with Crippen molar-refractivity contribution in [1.82, 2.24) is 24.1 Å². The smallest absolute Gasteiger partial charge is 0.258 e. The molecular weight excluding hydrogens is 426 g/mol. The van der Waals surface area contributed by atoms with E-state index in [9.17, 15) is 4.79 Å². The topological polar surface area (TPSA) is 65.1 Å². The first-order valence-corrected chi connectivity index (χ1v) is 11.6. The molecule has 0 N–H and O–H groups in total. The Morgan fingerprint density at radius 2 is 1.90 bits per heavy atom. The van der Waals surface area contributed by atoms with Gasteiger partial charge in [-0.2, -0.15) is 0 Å². The summed E-state index contributed by atoms with van der Waals surface area (Å²) in [5, 5.41) is 11.8. The third kappa shape index (κ3) is 3.80. The molecule has 0 aliphatic carbocycles. The zero-order valence-corrected chi connectivity index (χ0v) is 18.7. The molecule has 4 heterocycles. The predicted octanol–water partition coefficient (Wildman–Crippen LogP) is 4.91. The van der Waals surface area contributed by atoms with Gasteiger partial charge >= 0.3 is 0 Å². The van der Waals surface area contributed by atoms with E-state index in [0.717, 1.165) is 38.4 Å². The largest absolute Gasteiger partial charge is 0.269 e. The lowest BCUT2D eigenvalue weighted by molar-refractivity contribution is 0.879. The maximum Gasteiger partial charge on any atom is 0.258 e. The first-order chi connectivity index (χ1) is 15.1. The Labute approximate surface area is 187 Å². The van der Waals surface area contributed by atoms with Crippen molar-refractivity contribution in [3.63, 3.8) is 0 Å². The molecule has 0 bridgehead atoms. The number of thiophene rings is 1. The summed E-state index contributed by atoms with van der Waals surface area (Å²) < 4.78 is 3.66. The first kappa shape index (κ1) is 19.7. The number of hydrogen-bond donors (Lipinski definition) is 0. The first-order valence-electron chi connectivity index (χ1n) is 9.77. The van der Waals surface area contributed by atoms with Crippen LogP contribution in [-0.2, 0) is 5.75 Å². The van der Waals surface area contributed by atoms with Crippen molar-refractivity contribution in [2.75, 3.05) is 0 Å².